The van der Waals surface area contributed by atoms with Crippen LogP contribution in [0.5, 0.6) is 5.75 Å². The van der Waals surface area contributed by atoms with Crippen LogP contribution in [0.15, 0.2) is 24.3 Å². The third-order valence-corrected chi connectivity index (χ3v) is 4.63. The van der Waals surface area contributed by atoms with Gasteiger partial charge in [-0.1, -0.05) is 39.8 Å². The molecule has 1 aliphatic rings. The highest BCUT2D eigenvalue weighted by molar-refractivity contribution is 5.78. The molecule has 4 nitrogen and oxygen atoms in total. The van der Waals surface area contributed by atoms with Gasteiger partial charge in [0.2, 0.25) is 5.91 Å². The maximum atomic E-state index is 12.3. The fraction of sp³-hybridized carbons (Fsp3) is 0.650. The first-order valence-corrected chi connectivity index (χ1v) is 9.10. The number of carbonyl (C=O) groups excluding carboxylic acids is 1. The molecule has 1 aromatic carbocycles. The molecule has 1 amide bonds. The van der Waals surface area contributed by atoms with E-state index in [2.05, 4.69) is 50.5 Å². The number of rotatable bonds is 7. The molecule has 0 aromatic heterocycles. The van der Waals surface area contributed by atoms with Crippen LogP contribution >= 0.6 is 0 Å². The minimum atomic E-state index is -0.0981. The number of amides is 1. The summed E-state index contributed by atoms with van der Waals surface area (Å²) >= 11 is 0. The summed E-state index contributed by atoms with van der Waals surface area (Å²) in [6.07, 6.45) is 1.88. The summed E-state index contributed by atoms with van der Waals surface area (Å²) in [5, 5.41) is 6.45. The Hall–Kier alpha value is -1.55. The van der Waals surface area contributed by atoms with Crippen molar-refractivity contribution in [1.82, 2.24) is 10.6 Å². The van der Waals surface area contributed by atoms with E-state index in [9.17, 15) is 4.79 Å². The van der Waals surface area contributed by atoms with Crippen LogP contribution in [-0.2, 0) is 10.2 Å². The van der Waals surface area contributed by atoms with Gasteiger partial charge in [0.25, 0.3) is 0 Å². The quantitative estimate of drug-likeness (QED) is 0.806. The van der Waals surface area contributed by atoms with E-state index < -0.39 is 0 Å². The number of piperidine rings is 1. The van der Waals surface area contributed by atoms with E-state index in [-0.39, 0.29) is 17.2 Å². The molecule has 24 heavy (non-hydrogen) atoms. The van der Waals surface area contributed by atoms with Crippen LogP contribution in [0.1, 0.15) is 46.1 Å². The Morgan fingerprint density at radius 2 is 1.88 bits per heavy atom. The monoisotopic (exact) mass is 332 g/mol. The van der Waals surface area contributed by atoms with Crippen LogP contribution in [0.2, 0.25) is 0 Å². The van der Waals surface area contributed by atoms with Gasteiger partial charge in [-0.25, -0.2) is 0 Å². The molecule has 1 aliphatic heterocycles. The van der Waals surface area contributed by atoms with Gasteiger partial charge >= 0.3 is 0 Å². The van der Waals surface area contributed by atoms with Gasteiger partial charge in [-0.2, -0.15) is 0 Å². The lowest BCUT2D eigenvalue weighted by Crippen LogP contribution is -2.42. The van der Waals surface area contributed by atoms with E-state index in [0.717, 1.165) is 38.3 Å². The lowest BCUT2D eigenvalue weighted by molar-refractivity contribution is -0.125. The van der Waals surface area contributed by atoms with Crippen molar-refractivity contribution in [3.8, 4) is 5.75 Å². The van der Waals surface area contributed by atoms with Crippen molar-refractivity contribution in [2.75, 3.05) is 26.2 Å². The standard InChI is InChI=1S/C20H32N2O2/c1-15(2)13-24-18-7-5-17(6-8-18)20(3,4)14-22-19(23)16-9-11-21-12-10-16/h5-8,15-16,21H,9-14H2,1-4H3,(H,22,23). The van der Waals surface area contributed by atoms with Gasteiger partial charge < -0.3 is 15.4 Å². The Morgan fingerprint density at radius 1 is 1.25 bits per heavy atom. The predicted octanol–water partition coefficient (Wildman–Crippen LogP) is 3.11. The van der Waals surface area contributed by atoms with Crippen molar-refractivity contribution in [2.24, 2.45) is 11.8 Å². The summed E-state index contributed by atoms with van der Waals surface area (Å²) in [6, 6.07) is 8.25. The number of benzene rings is 1. The second-order valence-electron chi connectivity index (χ2n) is 7.86. The van der Waals surface area contributed by atoms with Crippen LogP contribution < -0.4 is 15.4 Å². The van der Waals surface area contributed by atoms with E-state index in [1.54, 1.807) is 0 Å². The largest absolute Gasteiger partial charge is 0.493 e. The molecule has 0 spiro atoms. The maximum Gasteiger partial charge on any atom is 0.223 e. The topological polar surface area (TPSA) is 50.4 Å². The number of nitrogens with one attached hydrogen (secondary N) is 2. The molecule has 2 rings (SSSR count). The van der Waals surface area contributed by atoms with Crippen LogP contribution in [-0.4, -0.2) is 32.1 Å². The summed E-state index contributed by atoms with van der Waals surface area (Å²) < 4.78 is 5.74. The van der Waals surface area contributed by atoms with Crippen molar-refractivity contribution < 1.29 is 9.53 Å². The fourth-order valence-electron chi connectivity index (χ4n) is 2.90. The first kappa shape index (κ1) is 18.8. The van der Waals surface area contributed by atoms with Crippen molar-refractivity contribution in [1.29, 1.82) is 0 Å². The van der Waals surface area contributed by atoms with Gasteiger partial charge in [0.15, 0.2) is 0 Å². The summed E-state index contributed by atoms with van der Waals surface area (Å²) in [4.78, 5) is 12.3. The highest BCUT2D eigenvalue weighted by atomic mass is 16.5. The molecular weight excluding hydrogens is 300 g/mol. The highest BCUT2D eigenvalue weighted by Crippen LogP contribution is 2.25. The Labute approximate surface area is 146 Å². The lowest BCUT2D eigenvalue weighted by atomic mass is 9.84. The smallest absolute Gasteiger partial charge is 0.223 e. The third kappa shape index (κ3) is 5.52. The lowest BCUT2D eigenvalue weighted by Gasteiger charge is -2.28. The molecule has 1 fully saturated rings. The SMILES string of the molecule is CC(C)COc1ccc(C(C)(C)CNC(=O)C2CCNCC2)cc1. The highest BCUT2D eigenvalue weighted by Gasteiger charge is 2.25. The molecule has 0 unspecified atom stereocenters. The number of ether oxygens (including phenoxy) is 1. The molecule has 0 bridgehead atoms. The zero-order valence-electron chi connectivity index (χ0n) is 15.5. The van der Waals surface area contributed by atoms with Crippen molar-refractivity contribution >= 4 is 5.91 Å². The van der Waals surface area contributed by atoms with Crippen LogP contribution in [0, 0.1) is 11.8 Å². The van der Waals surface area contributed by atoms with E-state index in [4.69, 9.17) is 4.74 Å². The second kappa shape index (κ2) is 8.52. The number of hydrogen-bond acceptors (Lipinski definition) is 3. The minimum absolute atomic E-state index is 0.0981. The van der Waals surface area contributed by atoms with Crippen molar-refractivity contribution in [3.63, 3.8) is 0 Å². The summed E-state index contributed by atoms with van der Waals surface area (Å²) in [5.74, 6) is 1.78. The normalized spacial score (nSPS) is 16.2. The van der Waals surface area contributed by atoms with Crippen LogP contribution in [0.25, 0.3) is 0 Å². The van der Waals surface area contributed by atoms with Crippen molar-refractivity contribution in [3.05, 3.63) is 29.8 Å². The van der Waals surface area contributed by atoms with Gasteiger partial charge in [0.1, 0.15) is 5.75 Å². The van der Waals surface area contributed by atoms with E-state index >= 15 is 0 Å². The molecule has 1 aromatic rings. The molecule has 0 saturated carbocycles. The molecule has 4 heteroatoms. The fourth-order valence-corrected chi connectivity index (χ4v) is 2.90. The third-order valence-electron chi connectivity index (χ3n) is 4.63. The number of hydrogen-bond donors (Lipinski definition) is 2. The first-order chi connectivity index (χ1) is 11.4. The molecule has 134 valence electrons. The Bertz CT molecular complexity index is 517. The van der Waals surface area contributed by atoms with Gasteiger partial charge in [-0.3, -0.25) is 4.79 Å². The molecule has 0 aliphatic carbocycles. The molecular formula is C20H32N2O2. The Kier molecular flexibility index (Phi) is 6.67. The predicted molar refractivity (Wildman–Crippen MR) is 98.4 cm³/mol. The van der Waals surface area contributed by atoms with Crippen LogP contribution in [0.4, 0.5) is 0 Å². The van der Waals surface area contributed by atoms with E-state index in [1.165, 1.54) is 5.56 Å². The van der Waals surface area contributed by atoms with Crippen molar-refractivity contribution in [2.45, 2.75) is 46.0 Å². The Balaban J connectivity index is 1.88. The zero-order valence-corrected chi connectivity index (χ0v) is 15.5. The van der Waals surface area contributed by atoms with Gasteiger partial charge in [0, 0.05) is 17.9 Å². The van der Waals surface area contributed by atoms with E-state index in [0.29, 0.717) is 12.5 Å². The second-order valence-corrected chi connectivity index (χ2v) is 7.86. The molecule has 2 N–H and O–H groups in total. The average Bonchev–Trinajstić information content (AvgIpc) is 2.59. The molecule has 0 atom stereocenters. The molecule has 1 saturated heterocycles. The Morgan fingerprint density at radius 3 is 2.46 bits per heavy atom. The van der Waals surface area contributed by atoms with E-state index in [1.807, 2.05) is 12.1 Å². The summed E-state index contributed by atoms with van der Waals surface area (Å²) in [5.41, 5.74) is 1.11. The molecule has 1 heterocycles. The molecule has 0 radical (unpaired) electrons. The van der Waals surface area contributed by atoms with Gasteiger partial charge in [-0.15, -0.1) is 0 Å². The first-order valence-electron chi connectivity index (χ1n) is 9.10. The maximum absolute atomic E-state index is 12.3. The summed E-state index contributed by atoms with van der Waals surface area (Å²) in [7, 11) is 0. The zero-order chi connectivity index (χ0) is 17.6. The number of carbonyl (C=O) groups is 1. The summed E-state index contributed by atoms with van der Waals surface area (Å²) in [6.45, 7) is 11.9. The van der Waals surface area contributed by atoms with Gasteiger partial charge in [0.05, 0.1) is 6.61 Å². The van der Waals surface area contributed by atoms with Crippen LogP contribution in [0.3, 0.4) is 0 Å². The minimum Gasteiger partial charge on any atom is -0.493 e. The average molecular weight is 332 g/mol. The van der Waals surface area contributed by atoms with Gasteiger partial charge in [-0.05, 0) is 49.5 Å².